The number of amides is 1. The first-order valence-electron chi connectivity index (χ1n) is 8.05. The number of carbonyl (C=O) groups excluding carboxylic acids is 1. The molecule has 0 unspecified atom stereocenters. The van der Waals surface area contributed by atoms with Gasteiger partial charge < -0.3 is 21.7 Å². The molecule has 6 N–H and O–H groups in total. The van der Waals surface area contributed by atoms with E-state index >= 15 is 0 Å². The summed E-state index contributed by atoms with van der Waals surface area (Å²) in [5, 5.41) is 3.13. The minimum absolute atomic E-state index is 0.00696. The number of piperidine rings is 1. The minimum atomic E-state index is -0.201. The number of likely N-dealkylation sites (tertiary alicyclic amines) is 1. The zero-order valence-corrected chi connectivity index (χ0v) is 13.4. The third-order valence-corrected chi connectivity index (χ3v) is 4.23. The van der Waals surface area contributed by atoms with E-state index in [1.165, 1.54) is 4.90 Å². The predicted octanol–water partition coefficient (Wildman–Crippen LogP) is -0.522. The highest BCUT2D eigenvalue weighted by atomic mass is 16.1. The Balaban J connectivity index is 1.65. The average Bonchev–Trinajstić information content (AvgIpc) is 2.55. The number of nitrogens with two attached hydrogens (primary N) is 2. The van der Waals surface area contributed by atoms with Gasteiger partial charge in [0.1, 0.15) is 6.54 Å². The molecule has 0 bridgehead atoms. The number of nitrogen functional groups attached to an aromatic ring is 1. The van der Waals surface area contributed by atoms with Crippen molar-refractivity contribution >= 4 is 23.5 Å². The molecular weight excluding hydrogens is 306 g/mol. The second kappa shape index (κ2) is 7.22. The number of rotatable bonds is 5. The van der Waals surface area contributed by atoms with Crippen LogP contribution in [-0.2, 0) is 11.3 Å². The fourth-order valence-electron chi connectivity index (χ4n) is 2.93. The number of benzene rings is 1. The first-order chi connectivity index (χ1) is 11.6. The summed E-state index contributed by atoms with van der Waals surface area (Å²) in [6.45, 7) is 2.41. The number of carbonyl (C=O) groups is 1. The van der Waals surface area contributed by atoms with E-state index < -0.39 is 0 Å². The Labute approximate surface area is 140 Å². The summed E-state index contributed by atoms with van der Waals surface area (Å²) in [6.07, 6.45) is 1.61. The smallest absolute Gasteiger partial charge is 0.232 e. The van der Waals surface area contributed by atoms with Gasteiger partial charge in [-0.05, 0) is 12.1 Å². The fraction of sp³-hybridized carbons (Fsp3) is 0.375. The van der Waals surface area contributed by atoms with Gasteiger partial charge in [-0.3, -0.25) is 4.79 Å². The number of hydrogen-bond donors (Lipinski definition) is 4. The molecule has 2 aromatic rings. The minimum Gasteiger partial charge on any atom is -0.369 e. The first-order valence-corrected chi connectivity index (χ1v) is 8.05. The van der Waals surface area contributed by atoms with Crippen LogP contribution in [0, 0.1) is 5.92 Å². The topological polar surface area (TPSA) is 124 Å². The molecule has 0 atom stereocenters. The van der Waals surface area contributed by atoms with Crippen LogP contribution in [0.5, 0.6) is 0 Å². The highest BCUT2D eigenvalue weighted by Crippen LogP contribution is 2.13. The number of anilines is 3. The number of primary amides is 1. The zero-order valence-electron chi connectivity index (χ0n) is 13.4. The van der Waals surface area contributed by atoms with E-state index in [1.807, 2.05) is 30.3 Å². The Bertz CT molecular complexity index is 699. The Morgan fingerprint density at radius 2 is 1.88 bits per heavy atom. The van der Waals surface area contributed by atoms with Gasteiger partial charge in [0.05, 0.1) is 13.1 Å². The molecule has 1 fully saturated rings. The molecule has 24 heavy (non-hydrogen) atoms. The van der Waals surface area contributed by atoms with Gasteiger partial charge in [0, 0.05) is 24.4 Å². The molecule has 1 amide bonds. The largest absolute Gasteiger partial charge is 0.369 e. The van der Waals surface area contributed by atoms with Crippen molar-refractivity contribution in [1.29, 1.82) is 0 Å². The molecular formula is C16H22N7O+. The number of quaternary nitrogens is 1. The lowest BCUT2D eigenvalue weighted by Crippen LogP contribution is -3.12. The summed E-state index contributed by atoms with van der Waals surface area (Å²) in [6, 6.07) is 9.66. The Hall–Kier alpha value is -2.74. The van der Waals surface area contributed by atoms with E-state index in [1.54, 1.807) is 0 Å². The average molecular weight is 328 g/mol. The molecule has 1 aromatic carbocycles. The van der Waals surface area contributed by atoms with Gasteiger partial charge in [-0.1, -0.05) is 18.2 Å². The second-order valence-electron chi connectivity index (χ2n) is 6.03. The van der Waals surface area contributed by atoms with E-state index in [-0.39, 0.29) is 17.8 Å². The van der Waals surface area contributed by atoms with Gasteiger partial charge in [-0.25, -0.2) is 0 Å². The van der Waals surface area contributed by atoms with Crippen molar-refractivity contribution in [2.75, 3.05) is 24.1 Å². The van der Waals surface area contributed by atoms with Crippen LogP contribution in [0.3, 0.4) is 0 Å². The quantitative estimate of drug-likeness (QED) is 0.585. The highest BCUT2D eigenvalue weighted by molar-refractivity contribution is 5.76. The Morgan fingerprint density at radius 3 is 2.54 bits per heavy atom. The van der Waals surface area contributed by atoms with Crippen LogP contribution >= 0.6 is 0 Å². The lowest BCUT2D eigenvalue weighted by atomic mass is 9.96. The van der Waals surface area contributed by atoms with Crippen LogP contribution in [0.2, 0.25) is 0 Å². The molecule has 1 aliphatic rings. The lowest BCUT2D eigenvalue weighted by Gasteiger charge is -2.27. The van der Waals surface area contributed by atoms with Crippen LogP contribution in [0.25, 0.3) is 0 Å². The molecule has 8 nitrogen and oxygen atoms in total. The summed E-state index contributed by atoms with van der Waals surface area (Å²) < 4.78 is 0. The summed E-state index contributed by atoms with van der Waals surface area (Å²) in [4.78, 5) is 25.4. The molecule has 1 aromatic heterocycles. The van der Waals surface area contributed by atoms with Crippen LogP contribution in [0.1, 0.15) is 18.7 Å². The molecule has 126 valence electrons. The zero-order chi connectivity index (χ0) is 16.9. The van der Waals surface area contributed by atoms with E-state index in [0.717, 1.165) is 31.6 Å². The predicted molar refractivity (Wildman–Crippen MR) is 90.3 cm³/mol. The summed E-state index contributed by atoms with van der Waals surface area (Å²) >= 11 is 0. The third-order valence-electron chi connectivity index (χ3n) is 4.23. The molecule has 2 heterocycles. The number of para-hydroxylation sites is 1. The van der Waals surface area contributed by atoms with Crippen molar-refractivity contribution < 1.29 is 9.69 Å². The van der Waals surface area contributed by atoms with Gasteiger partial charge in [-0.2, -0.15) is 15.0 Å². The SMILES string of the molecule is NC(=O)C1CC[NH+](Cc2nc(N)nc(Nc3ccccc3)n2)CC1. The maximum atomic E-state index is 11.2. The fourth-order valence-corrected chi connectivity index (χ4v) is 2.93. The van der Waals surface area contributed by atoms with Crippen molar-refractivity contribution in [3.05, 3.63) is 36.2 Å². The van der Waals surface area contributed by atoms with Gasteiger partial charge in [0.2, 0.25) is 17.8 Å². The third kappa shape index (κ3) is 4.17. The van der Waals surface area contributed by atoms with Crippen molar-refractivity contribution in [2.24, 2.45) is 11.7 Å². The molecule has 1 aliphatic heterocycles. The van der Waals surface area contributed by atoms with E-state index in [2.05, 4.69) is 20.3 Å². The molecule has 1 saturated heterocycles. The van der Waals surface area contributed by atoms with Crippen molar-refractivity contribution in [1.82, 2.24) is 15.0 Å². The van der Waals surface area contributed by atoms with Crippen LogP contribution in [0.4, 0.5) is 17.6 Å². The highest BCUT2D eigenvalue weighted by Gasteiger charge is 2.26. The molecule has 0 spiro atoms. The molecule has 0 saturated carbocycles. The number of nitrogens with zero attached hydrogens (tertiary/aromatic N) is 3. The number of nitrogens with one attached hydrogen (secondary N) is 2. The second-order valence-corrected chi connectivity index (χ2v) is 6.03. The molecule has 0 radical (unpaired) electrons. The van der Waals surface area contributed by atoms with Crippen molar-refractivity contribution in [3.63, 3.8) is 0 Å². The van der Waals surface area contributed by atoms with Gasteiger partial charge >= 0.3 is 0 Å². The van der Waals surface area contributed by atoms with Crippen molar-refractivity contribution in [2.45, 2.75) is 19.4 Å². The van der Waals surface area contributed by atoms with Crippen LogP contribution < -0.4 is 21.7 Å². The van der Waals surface area contributed by atoms with E-state index in [4.69, 9.17) is 11.5 Å². The monoisotopic (exact) mass is 328 g/mol. The normalized spacial score (nSPS) is 20.5. The standard InChI is InChI=1S/C16H21N7O/c17-14(24)11-6-8-23(9-7-11)10-13-20-15(18)22-16(21-13)19-12-4-2-1-3-5-12/h1-5,11H,6-10H2,(H2,17,24)(H3,18,19,20,21,22)/p+1. The lowest BCUT2D eigenvalue weighted by molar-refractivity contribution is -0.920. The maximum Gasteiger partial charge on any atom is 0.232 e. The van der Waals surface area contributed by atoms with Crippen molar-refractivity contribution in [3.8, 4) is 0 Å². The van der Waals surface area contributed by atoms with E-state index in [0.29, 0.717) is 18.3 Å². The molecule has 3 rings (SSSR count). The Morgan fingerprint density at radius 1 is 1.17 bits per heavy atom. The van der Waals surface area contributed by atoms with Crippen LogP contribution in [0.15, 0.2) is 30.3 Å². The first kappa shape index (κ1) is 16.1. The molecule has 8 heteroatoms. The van der Waals surface area contributed by atoms with E-state index in [9.17, 15) is 4.79 Å². The number of aromatic nitrogens is 3. The van der Waals surface area contributed by atoms with Gasteiger partial charge in [0.15, 0.2) is 5.82 Å². The van der Waals surface area contributed by atoms with Gasteiger partial charge in [0.25, 0.3) is 0 Å². The van der Waals surface area contributed by atoms with Crippen LogP contribution in [-0.4, -0.2) is 33.9 Å². The maximum absolute atomic E-state index is 11.2. The summed E-state index contributed by atoms with van der Waals surface area (Å²) in [5.41, 5.74) is 12.1. The van der Waals surface area contributed by atoms with Gasteiger partial charge in [-0.15, -0.1) is 0 Å². The molecule has 0 aliphatic carbocycles. The number of hydrogen-bond acceptors (Lipinski definition) is 6. The summed E-state index contributed by atoms with van der Waals surface area (Å²) in [7, 11) is 0. The summed E-state index contributed by atoms with van der Waals surface area (Å²) in [5.74, 6) is 1.08. The Kier molecular flexibility index (Phi) is 4.85.